The van der Waals surface area contributed by atoms with Crippen LogP contribution >= 0.6 is 0 Å². The molecule has 0 aliphatic heterocycles. The fraction of sp³-hybridized carbons (Fsp3) is 0.500. The van der Waals surface area contributed by atoms with Crippen molar-refractivity contribution in [3.8, 4) is 11.3 Å². The average Bonchev–Trinajstić information content (AvgIpc) is 3.18. The molecular formula is C20H26N6O. The number of hydrogen-bond donors (Lipinski definition) is 1. The third-order valence-electron chi connectivity index (χ3n) is 5.38. The predicted molar refractivity (Wildman–Crippen MR) is 104 cm³/mol. The second-order valence-corrected chi connectivity index (χ2v) is 7.27. The van der Waals surface area contributed by atoms with E-state index in [0.717, 1.165) is 36.3 Å². The summed E-state index contributed by atoms with van der Waals surface area (Å²) in [4.78, 5) is 17.3. The molecule has 142 valence electrons. The molecule has 1 aliphatic rings. The van der Waals surface area contributed by atoms with Crippen LogP contribution in [0.2, 0.25) is 0 Å². The number of carbonyl (C=O) groups excluding carboxylic acids is 1. The van der Waals surface area contributed by atoms with Gasteiger partial charge < -0.3 is 5.32 Å². The van der Waals surface area contributed by atoms with Gasteiger partial charge >= 0.3 is 0 Å². The molecule has 1 N–H and O–H groups in total. The summed E-state index contributed by atoms with van der Waals surface area (Å²) < 4.78 is 3.64. The lowest BCUT2D eigenvalue weighted by molar-refractivity contribution is 0.0935. The summed E-state index contributed by atoms with van der Waals surface area (Å²) in [5.41, 5.74) is 3.95. The van der Waals surface area contributed by atoms with Gasteiger partial charge in [-0.3, -0.25) is 9.48 Å². The highest BCUT2D eigenvalue weighted by Crippen LogP contribution is 2.24. The number of nitrogens with zero attached hydrogens (tertiary/aromatic N) is 5. The first kappa shape index (κ1) is 17.7. The van der Waals surface area contributed by atoms with Crippen LogP contribution in [0.25, 0.3) is 16.9 Å². The molecule has 0 unspecified atom stereocenters. The van der Waals surface area contributed by atoms with Crippen LogP contribution in [0.1, 0.15) is 61.5 Å². The van der Waals surface area contributed by atoms with E-state index in [1.807, 2.05) is 23.9 Å². The van der Waals surface area contributed by atoms with E-state index in [0.29, 0.717) is 11.2 Å². The van der Waals surface area contributed by atoms with Gasteiger partial charge in [-0.05, 0) is 32.8 Å². The van der Waals surface area contributed by atoms with Gasteiger partial charge in [0.25, 0.3) is 5.91 Å². The molecule has 1 fully saturated rings. The van der Waals surface area contributed by atoms with E-state index in [1.54, 1.807) is 16.9 Å². The van der Waals surface area contributed by atoms with Gasteiger partial charge in [-0.1, -0.05) is 25.7 Å². The molecule has 0 atom stereocenters. The van der Waals surface area contributed by atoms with Crippen LogP contribution < -0.4 is 5.32 Å². The molecule has 0 bridgehead atoms. The van der Waals surface area contributed by atoms with E-state index in [1.165, 1.54) is 25.7 Å². The van der Waals surface area contributed by atoms with Crippen LogP contribution in [0.15, 0.2) is 24.7 Å². The van der Waals surface area contributed by atoms with Gasteiger partial charge in [-0.15, -0.1) is 0 Å². The maximum absolute atomic E-state index is 12.8. The fourth-order valence-electron chi connectivity index (χ4n) is 3.87. The molecule has 0 saturated heterocycles. The monoisotopic (exact) mass is 366 g/mol. The van der Waals surface area contributed by atoms with Gasteiger partial charge in [0.1, 0.15) is 5.56 Å². The number of aryl methyl sites for hydroxylation is 2. The van der Waals surface area contributed by atoms with Crippen LogP contribution in [0.5, 0.6) is 0 Å². The molecular weight excluding hydrogens is 340 g/mol. The lowest BCUT2D eigenvalue weighted by Crippen LogP contribution is -2.34. The standard InChI is InChI=1S/C20H26N6O/c1-3-25-13-17(14(2)24-25)18-10-11-21-19-16(12-22-26(18)19)20(27)23-15-8-6-4-5-7-9-15/h10-13,15H,3-9H2,1-2H3,(H,23,27). The van der Waals surface area contributed by atoms with Crippen molar-refractivity contribution in [3.63, 3.8) is 0 Å². The lowest BCUT2D eigenvalue weighted by atomic mass is 10.1. The number of rotatable bonds is 4. The quantitative estimate of drug-likeness (QED) is 0.718. The Morgan fingerprint density at radius 3 is 2.74 bits per heavy atom. The number of amides is 1. The van der Waals surface area contributed by atoms with Crippen molar-refractivity contribution in [1.29, 1.82) is 0 Å². The second kappa shape index (κ2) is 7.50. The Labute approximate surface area is 158 Å². The molecule has 0 aromatic carbocycles. The zero-order valence-electron chi connectivity index (χ0n) is 16.0. The third kappa shape index (κ3) is 3.46. The Balaban J connectivity index is 1.65. The minimum atomic E-state index is -0.0810. The van der Waals surface area contributed by atoms with Crippen LogP contribution in [0.3, 0.4) is 0 Å². The summed E-state index contributed by atoms with van der Waals surface area (Å²) in [5, 5.41) is 12.2. The Bertz CT molecular complexity index is 949. The van der Waals surface area contributed by atoms with Crippen molar-refractivity contribution in [1.82, 2.24) is 29.7 Å². The van der Waals surface area contributed by atoms with Gasteiger partial charge in [0.2, 0.25) is 0 Å². The van der Waals surface area contributed by atoms with Gasteiger partial charge in [0.15, 0.2) is 5.65 Å². The minimum absolute atomic E-state index is 0.0810. The molecule has 27 heavy (non-hydrogen) atoms. The predicted octanol–water partition coefficient (Wildman–Crippen LogP) is 3.37. The summed E-state index contributed by atoms with van der Waals surface area (Å²) in [6.07, 6.45) is 12.4. The highest BCUT2D eigenvalue weighted by atomic mass is 16.1. The largest absolute Gasteiger partial charge is 0.349 e. The third-order valence-corrected chi connectivity index (χ3v) is 5.38. The molecule has 7 heteroatoms. The summed E-state index contributed by atoms with van der Waals surface area (Å²) in [5.74, 6) is -0.0810. The zero-order valence-corrected chi connectivity index (χ0v) is 16.0. The highest BCUT2D eigenvalue weighted by Gasteiger charge is 2.21. The van der Waals surface area contributed by atoms with Gasteiger partial charge in [-0.2, -0.15) is 10.2 Å². The minimum Gasteiger partial charge on any atom is -0.349 e. The molecule has 3 aromatic heterocycles. The van der Waals surface area contributed by atoms with Crippen LogP contribution in [-0.2, 0) is 6.54 Å². The SMILES string of the molecule is CCn1cc(-c2ccnc3c(C(=O)NC4CCCCCC4)cnn23)c(C)n1. The van der Waals surface area contributed by atoms with Crippen molar-refractivity contribution in [2.75, 3.05) is 0 Å². The van der Waals surface area contributed by atoms with Crippen molar-refractivity contribution in [2.24, 2.45) is 0 Å². The first-order chi connectivity index (χ1) is 13.2. The van der Waals surface area contributed by atoms with E-state index >= 15 is 0 Å². The van der Waals surface area contributed by atoms with E-state index < -0.39 is 0 Å². The van der Waals surface area contributed by atoms with Gasteiger partial charge in [0.05, 0.1) is 17.6 Å². The summed E-state index contributed by atoms with van der Waals surface area (Å²) in [6, 6.07) is 2.17. The smallest absolute Gasteiger partial charge is 0.256 e. The first-order valence-corrected chi connectivity index (χ1v) is 9.85. The van der Waals surface area contributed by atoms with Crippen molar-refractivity contribution in [2.45, 2.75) is 65.0 Å². The number of hydrogen-bond acceptors (Lipinski definition) is 4. The van der Waals surface area contributed by atoms with Crippen LogP contribution in [0.4, 0.5) is 0 Å². The highest BCUT2D eigenvalue weighted by molar-refractivity contribution is 6.00. The Kier molecular flexibility index (Phi) is 4.92. The number of nitrogens with one attached hydrogen (secondary N) is 1. The molecule has 1 amide bonds. The van der Waals surface area contributed by atoms with Crippen molar-refractivity contribution in [3.05, 3.63) is 35.9 Å². The van der Waals surface area contributed by atoms with Crippen molar-refractivity contribution < 1.29 is 4.79 Å². The summed E-state index contributed by atoms with van der Waals surface area (Å²) in [7, 11) is 0. The van der Waals surface area contributed by atoms with Crippen LogP contribution in [-0.4, -0.2) is 36.3 Å². The summed E-state index contributed by atoms with van der Waals surface area (Å²) >= 11 is 0. The first-order valence-electron chi connectivity index (χ1n) is 9.85. The summed E-state index contributed by atoms with van der Waals surface area (Å²) in [6.45, 7) is 4.85. The average molecular weight is 366 g/mol. The molecule has 3 aromatic rings. The maximum atomic E-state index is 12.8. The zero-order chi connectivity index (χ0) is 18.8. The van der Waals surface area contributed by atoms with E-state index in [2.05, 4.69) is 27.4 Å². The molecule has 1 saturated carbocycles. The molecule has 0 radical (unpaired) electrons. The van der Waals surface area contributed by atoms with Crippen molar-refractivity contribution >= 4 is 11.6 Å². The normalized spacial score (nSPS) is 15.8. The van der Waals surface area contributed by atoms with Gasteiger partial charge in [-0.25, -0.2) is 9.50 Å². The molecule has 3 heterocycles. The molecule has 0 spiro atoms. The van der Waals surface area contributed by atoms with E-state index in [-0.39, 0.29) is 11.9 Å². The maximum Gasteiger partial charge on any atom is 0.256 e. The topological polar surface area (TPSA) is 77.1 Å². The van der Waals surface area contributed by atoms with Gasteiger partial charge in [0, 0.05) is 30.5 Å². The lowest BCUT2D eigenvalue weighted by Gasteiger charge is -2.15. The Morgan fingerprint density at radius 2 is 2.04 bits per heavy atom. The molecule has 7 nitrogen and oxygen atoms in total. The molecule has 4 rings (SSSR count). The second-order valence-electron chi connectivity index (χ2n) is 7.27. The Hall–Kier alpha value is -2.70. The number of fused-ring (bicyclic) bond motifs is 1. The van der Waals surface area contributed by atoms with Crippen LogP contribution in [0, 0.1) is 6.92 Å². The molecule has 1 aliphatic carbocycles. The Morgan fingerprint density at radius 1 is 1.26 bits per heavy atom. The fourth-order valence-corrected chi connectivity index (χ4v) is 3.87. The number of aromatic nitrogens is 5. The van der Waals surface area contributed by atoms with E-state index in [4.69, 9.17) is 0 Å². The van der Waals surface area contributed by atoms with E-state index in [9.17, 15) is 4.79 Å². The number of carbonyl (C=O) groups is 1.